The lowest BCUT2D eigenvalue weighted by atomic mass is 10.2. The molecule has 0 atom stereocenters. The third-order valence-electron chi connectivity index (χ3n) is 2.94. The Labute approximate surface area is 133 Å². The van der Waals surface area contributed by atoms with Gasteiger partial charge in [-0.3, -0.25) is 10.1 Å². The summed E-state index contributed by atoms with van der Waals surface area (Å²) in [5.74, 6) is 0.000443. The topological polar surface area (TPSA) is 67.4 Å². The lowest BCUT2D eigenvalue weighted by molar-refractivity contribution is 0.0967. The quantitative estimate of drug-likeness (QED) is 0.908. The van der Waals surface area contributed by atoms with Crippen molar-refractivity contribution in [2.45, 2.75) is 6.92 Å². The maximum Gasteiger partial charge on any atom is 0.326 e. The van der Waals surface area contributed by atoms with Gasteiger partial charge in [-0.15, -0.1) is 0 Å². The molecule has 0 heterocycles. The smallest absolute Gasteiger partial charge is 0.326 e. The summed E-state index contributed by atoms with van der Waals surface area (Å²) >= 11 is 5.75. The predicted octanol–water partition coefficient (Wildman–Crippen LogP) is 3.62. The normalized spacial score (nSPS) is 9.95. The summed E-state index contributed by atoms with van der Waals surface area (Å²) in [5, 5.41) is 5.36. The van der Waals surface area contributed by atoms with Crippen LogP contribution in [-0.2, 0) is 0 Å². The third-order valence-corrected chi connectivity index (χ3v) is 3.19. The van der Waals surface area contributed by atoms with Crippen LogP contribution in [0.25, 0.3) is 0 Å². The van der Waals surface area contributed by atoms with Crippen molar-refractivity contribution >= 4 is 29.2 Å². The monoisotopic (exact) mass is 318 g/mol. The van der Waals surface area contributed by atoms with E-state index in [9.17, 15) is 9.59 Å². The first kappa shape index (κ1) is 15.9. The van der Waals surface area contributed by atoms with Gasteiger partial charge in [0.2, 0.25) is 0 Å². The van der Waals surface area contributed by atoms with Gasteiger partial charge in [-0.25, -0.2) is 4.79 Å². The van der Waals surface area contributed by atoms with Gasteiger partial charge in [-0.2, -0.15) is 0 Å². The Morgan fingerprint density at radius 2 is 1.77 bits per heavy atom. The lowest BCUT2D eigenvalue weighted by Gasteiger charge is -2.11. The van der Waals surface area contributed by atoms with E-state index in [0.717, 1.165) is 5.56 Å². The van der Waals surface area contributed by atoms with Crippen LogP contribution in [0.1, 0.15) is 15.9 Å². The number of ether oxygens (including phenoxy) is 1. The van der Waals surface area contributed by atoms with Gasteiger partial charge in [0.25, 0.3) is 5.91 Å². The summed E-state index contributed by atoms with van der Waals surface area (Å²) in [5.41, 5.74) is 1.79. The first-order chi connectivity index (χ1) is 10.5. The van der Waals surface area contributed by atoms with E-state index in [1.807, 2.05) is 13.0 Å². The van der Waals surface area contributed by atoms with Crippen LogP contribution in [0.2, 0.25) is 5.02 Å². The minimum Gasteiger partial charge on any atom is -0.495 e. The van der Waals surface area contributed by atoms with E-state index >= 15 is 0 Å². The zero-order valence-electron chi connectivity index (χ0n) is 12.1. The van der Waals surface area contributed by atoms with Crippen LogP contribution in [0.4, 0.5) is 10.5 Å². The second-order valence-corrected chi connectivity index (χ2v) is 5.06. The number of halogens is 1. The second-order valence-electron chi connectivity index (χ2n) is 4.62. The average Bonchev–Trinajstić information content (AvgIpc) is 2.48. The Balaban J connectivity index is 2.05. The van der Waals surface area contributed by atoms with Gasteiger partial charge in [0.1, 0.15) is 5.75 Å². The van der Waals surface area contributed by atoms with Crippen molar-refractivity contribution in [1.82, 2.24) is 5.32 Å². The molecule has 0 unspecified atom stereocenters. The van der Waals surface area contributed by atoms with Gasteiger partial charge < -0.3 is 10.1 Å². The molecule has 22 heavy (non-hydrogen) atoms. The van der Waals surface area contributed by atoms with Gasteiger partial charge in [0.05, 0.1) is 12.8 Å². The number of benzene rings is 2. The highest BCUT2D eigenvalue weighted by Gasteiger charge is 2.12. The molecule has 0 aliphatic heterocycles. The highest BCUT2D eigenvalue weighted by atomic mass is 35.5. The molecular formula is C16H15ClN2O3. The van der Waals surface area contributed by atoms with Crippen molar-refractivity contribution in [2.24, 2.45) is 0 Å². The molecule has 0 aliphatic carbocycles. The third kappa shape index (κ3) is 3.99. The highest BCUT2D eigenvalue weighted by molar-refractivity contribution is 6.30. The maximum absolute atomic E-state index is 11.9. The number of hydrogen-bond acceptors (Lipinski definition) is 3. The molecule has 0 fully saturated rings. The number of anilines is 1. The number of hydrogen-bond donors (Lipinski definition) is 2. The summed E-state index contributed by atoms with van der Waals surface area (Å²) in [7, 11) is 1.51. The van der Waals surface area contributed by atoms with Crippen LogP contribution in [0.15, 0.2) is 42.5 Å². The van der Waals surface area contributed by atoms with E-state index in [0.29, 0.717) is 22.0 Å². The van der Waals surface area contributed by atoms with Gasteiger partial charge in [0.15, 0.2) is 0 Å². The summed E-state index contributed by atoms with van der Waals surface area (Å²) in [4.78, 5) is 23.8. The fourth-order valence-corrected chi connectivity index (χ4v) is 1.98. The predicted molar refractivity (Wildman–Crippen MR) is 85.7 cm³/mol. The molecule has 0 saturated carbocycles. The first-order valence-electron chi connectivity index (χ1n) is 6.52. The van der Waals surface area contributed by atoms with Crippen molar-refractivity contribution < 1.29 is 14.3 Å². The van der Waals surface area contributed by atoms with E-state index < -0.39 is 11.9 Å². The highest BCUT2D eigenvalue weighted by Crippen LogP contribution is 2.24. The number of urea groups is 1. The van der Waals surface area contributed by atoms with Crippen LogP contribution in [0, 0.1) is 6.92 Å². The fraction of sp³-hybridized carbons (Fsp3) is 0.125. The number of carbonyl (C=O) groups excluding carboxylic acids is 2. The number of amides is 3. The number of rotatable bonds is 3. The molecule has 0 saturated heterocycles. The Morgan fingerprint density at radius 3 is 2.41 bits per heavy atom. The van der Waals surface area contributed by atoms with E-state index in [4.69, 9.17) is 16.3 Å². The molecule has 114 valence electrons. The Kier molecular flexibility index (Phi) is 5.01. The molecule has 0 aromatic heterocycles. The van der Waals surface area contributed by atoms with Crippen LogP contribution in [0.3, 0.4) is 0 Å². The number of imide groups is 1. The van der Waals surface area contributed by atoms with Crippen molar-refractivity contribution in [3.05, 3.63) is 58.6 Å². The molecule has 2 aromatic carbocycles. The zero-order chi connectivity index (χ0) is 16.1. The van der Waals surface area contributed by atoms with Crippen LogP contribution >= 0.6 is 11.6 Å². The standard InChI is InChI=1S/C16H15ClN2O3/c1-10-3-8-14(22-2)13(9-10)18-16(21)19-15(20)11-4-6-12(17)7-5-11/h3-9H,1-2H3,(H2,18,19,20,21). The second kappa shape index (κ2) is 6.95. The fourth-order valence-electron chi connectivity index (χ4n) is 1.85. The van der Waals surface area contributed by atoms with Crippen molar-refractivity contribution in [1.29, 1.82) is 0 Å². The van der Waals surface area contributed by atoms with Crippen molar-refractivity contribution in [3.8, 4) is 5.75 Å². The minimum absolute atomic E-state index is 0.343. The molecule has 2 aromatic rings. The lowest BCUT2D eigenvalue weighted by Crippen LogP contribution is -2.34. The number of methoxy groups -OCH3 is 1. The van der Waals surface area contributed by atoms with E-state index in [-0.39, 0.29) is 0 Å². The minimum atomic E-state index is -0.635. The summed E-state index contributed by atoms with van der Waals surface area (Å²) < 4.78 is 5.16. The van der Waals surface area contributed by atoms with Gasteiger partial charge in [-0.05, 0) is 48.9 Å². The van der Waals surface area contributed by atoms with E-state index in [2.05, 4.69) is 10.6 Å². The number of carbonyl (C=O) groups is 2. The maximum atomic E-state index is 11.9. The molecule has 2 N–H and O–H groups in total. The summed E-state index contributed by atoms with van der Waals surface area (Å²) in [6.07, 6.45) is 0. The van der Waals surface area contributed by atoms with Gasteiger partial charge >= 0.3 is 6.03 Å². The summed E-state index contributed by atoms with van der Waals surface area (Å²) in [6.45, 7) is 1.89. The molecule has 2 rings (SSSR count). The zero-order valence-corrected chi connectivity index (χ0v) is 12.9. The molecule has 0 bridgehead atoms. The largest absolute Gasteiger partial charge is 0.495 e. The van der Waals surface area contributed by atoms with Crippen LogP contribution in [0.5, 0.6) is 5.75 Å². The summed E-state index contributed by atoms with van der Waals surface area (Å²) in [6, 6.07) is 11.0. The molecule has 6 heteroatoms. The Bertz CT molecular complexity index is 699. The molecular weight excluding hydrogens is 304 g/mol. The number of aryl methyl sites for hydroxylation is 1. The van der Waals surface area contributed by atoms with Crippen LogP contribution < -0.4 is 15.4 Å². The van der Waals surface area contributed by atoms with E-state index in [1.54, 1.807) is 24.3 Å². The molecule has 3 amide bonds. The SMILES string of the molecule is COc1ccc(C)cc1NC(=O)NC(=O)c1ccc(Cl)cc1. The van der Waals surface area contributed by atoms with Gasteiger partial charge in [0, 0.05) is 10.6 Å². The number of nitrogens with one attached hydrogen (secondary N) is 2. The first-order valence-corrected chi connectivity index (χ1v) is 6.90. The molecule has 0 radical (unpaired) electrons. The van der Waals surface area contributed by atoms with Crippen molar-refractivity contribution in [2.75, 3.05) is 12.4 Å². The molecule has 0 spiro atoms. The average molecular weight is 319 g/mol. The Morgan fingerprint density at radius 1 is 1.09 bits per heavy atom. The molecule has 5 nitrogen and oxygen atoms in total. The molecule has 0 aliphatic rings. The van der Waals surface area contributed by atoms with Gasteiger partial charge in [-0.1, -0.05) is 17.7 Å². The van der Waals surface area contributed by atoms with Crippen molar-refractivity contribution in [3.63, 3.8) is 0 Å². The Hall–Kier alpha value is -2.53. The van der Waals surface area contributed by atoms with E-state index in [1.165, 1.54) is 19.2 Å². The van der Waals surface area contributed by atoms with Crippen LogP contribution in [-0.4, -0.2) is 19.0 Å².